The fourth-order valence-corrected chi connectivity index (χ4v) is 6.03. The Labute approximate surface area is 318 Å². The number of fused-ring (bicyclic) bond motifs is 3. The first-order chi connectivity index (χ1) is 32.3. The lowest BCUT2D eigenvalue weighted by Crippen LogP contribution is -2.09. The SMILES string of the molecule is [2H]c1c([2H])c([2H])c(-c2c([2H])c([2H])c(N(c3ccc(-c4cccc(-n5c6ccccc6c6ccccc65)c4)cc3)c3c([2H])c([2H])c(-c4c([2H])c([2H])c([2H])c([2H])c4[2H])c([2H])c3[2H])c([2H])c2[2H])c([2H])c1[2H]. The van der Waals surface area contributed by atoms with Gasteiger partial charge in [0.05, 0.1) is 35.7 Å². The van der Waals surface area contributed by atoms with Gasteiger partial charge in [-0.15, -0.1) is 0 Å². The van der Waals surface area contributed by atoms with E-state index >= 15 is 0 Å². The molecule has 0 saturated heterocycles. The molecule has 0 N–H and O–H groups in total. The van der Waals surface area contributed by atoms with E-state index in [1.165, 1.54) is 12.1 Å². The topological polar surface area (TPSA) is 8.17 Å². The smallest absolute Gasteiger partial charge is 0.0645 e. The normalized spacial score (nSPS) is 16.2. The Morgan fingerprint density at radius 2 is 0.840 bits per heavy atom. The molecule has 9 aromatic rings. The third-order valence-corrected chi connectivity index (χ3v) is 8.31. The standard InChI is InChI=1S/C48H34N2/c1-3-12-35(13-4-1)37-22-28-41(29-23-37)49(42-30-24-38(25-31-42)36-14-5-2-6-15-36)43-32-26-39(27-33-43)40-16-11-17-44(34-40)50-47-20-9-7-18-45(47)46-19-8-10-21-48(46)50/h1-34H/i1D,2D,3D,4D,5D,6D,12D,13D,14D,15D,22D,23D,24D,25D,28D,29D,30D,31D. The van der Waals surface area contributed by atoms with Crippen molar-refractivity contribution in [3.63, 3.8) is 0 Å². The quantitative estimate of drug-likeness (QED) is 0.166. The third-order valence-electron chi connectivity index (χ3n) is 8.31. The minimum Gasteiger partial charge on any atom is -0.311 e. The van der Waals surface area contributed by atoms with Gasteiger partial charge in [-0.05, 0) is 93.9 Å². The Morgan fingerprint density at radius 3 is 1.36 bits per heavy atom. The van der Waals surface area contributed by atoms with Crippen LogP contribution in [-0.2, 0) is 0 Å². The minimum atomic E-state index is -0.839. The van der Waals surface area contributed by atoms with Gasteiger partial charge in [-0.2, -0.15) is 0 Å². The maximum absolute atomic E-state index is 9.36. The van der Waals surface area contributed by atoms with Gasteiger partial charge in [0.1, 0.15) is 0 Å². The van der Waals surface area contributed by atoms with Crippen molar-refractivity contribution in [3.05, 3.63) is 206 Å². The van der Waals surface area contributed by atoms with Crippen LogP contribution in [-0.4, -0.2) is 4.57 Å². The second kappa shape index (κ2) is 12.8. The molecule has 0 aliphatic heterocycles. The van der Waals surface area contributed by atoms with E-state index in [4.69, 9.17) is 13.7 Å². The van der Waals surface area contributed by atoms with Crippen LogP contribution in [0.15, 0.2) is 206 Å². The van der Waals surface area contributed by atoms with Crippen LogP contribution in [0.5, 0.6) is 0 Å². The molecule has 0 atom stereocenters. The van der Waals surface area contributed by atoms with Crippen LogP contribution in [0.3, 0.4) is 0 Å². The maximum atomic E-state index is 9.36. The number of rotatable bonds is 7. The molecule has 236 valence electrons. The molecular formula is C48H34N2. The van der Waals surface area contributed by atoms with E-state index < -0.39 is 142 Å². The van der Waals surface area contributed by atoms with E-state index in [0.29, 0.717) is 5.56 Å². The summed E-state index contributed by atoms with van der Waals surface area (Å²) in [4.78, 5) is 0.997. The molecule has 0 fully saturated rings. The predicted octanol–water partition coefficient (Wildman–Crippen LogP) is 13.3. The van der Waals surface area contributed by atoms with Crippen molar-refractivity contribution in [2.75, 3.05) is 4.90 Å². The molecule has 1 heterocycles. The molecule has 50 heavy (non-hydrogen) atoms. The molecule has 2 heteroatoms. The van der Waals surface area contributed by atoms with Crippen molar-refractivity contribution in [1.82, 2.24) is 4.57 Å². The molecule has 8 aromatic carbocycles. The summed E-state index contributed by atoms with van der Waals surface area (Å²) in [6.07, 6.45) is 0. The predicted molar refractivity (Wildman–Crippen MR) is 212 cm³/mol. The highest BCUT2D eigenvalue weighted by Gasteiger charge is 2.15. The van der Waals surface area contributed by atoms with E-state index in [-0.39, 0.29) is 5.69 Å². The molecule has 1 aromatic heterocycles. The molecule has 2 nitrogen and oxygen atoms in total. The lowest BCUT2D eigenvalue weighted by atomic mass is 10.0. The van der Waals surface area contributed by atoms with E-state index in [1.807, 2.05) is 60.7 Å². The highest BCUT2D eigenvalue weighted by atomic mass is 15.1. The number of benzene rings is 8. The van der Waals surface area contributed by atoms with Gasteiger partial charge < -0.3 is 9.47 Å². The Kier molecular flexibility index (Phi) is 4.13. The van der Waals surface area contributed by atoms with Crippen molar-refractivity contribution >= 4 is 38.9 Å². The summed E-state index contributed by atoms with van der Waals surface area (Å²) in [5.41, 5.74) is 0.713. The van der Waals surface area contributed by atoms with Gasteiger partial charge >= 0.3 is 0 Å². The van der Waals surface area contributed by atoms with Gasteiger partial charge in [-0.1, -0.05) is 145 Å². The number of nitrogens with zero attached hydrogens (tertiary/aromatic N) is 2. The summed E-state index contributed by atoms with van der Waals surface area (Å²) in [5, 5.41) is 2.15. The first-order valence-corrected chi connectivity index (χ1v) is 15.6. The van der Waals surface area contributed by atoms with Gasteiger partial charge in [0.2, 0.25) is 0 Å². The molecule has 0 saturated carbocycles. The summed E-state index contributed by atoms with van der Waals surface area (Å²) in [6.45, 7) is 0. The van der Waals surface area contributed by atoms with Crippen molar-refractivity contribution in [2.24, 2.45) is 0 Å². The highest BCUT2D eigenvalue weighted by Crippen LogP contribution is 2.38. The average Bonchev–Trinajstić information content (AvgIpc) is 3.68. The molecule has 0 radical (unpaired) electrons. The monoisotopic (exact) mass is 656 g/mol. The summed E-state index contributed by atoms with van der Waals surface area (Å²) in [6, 6.07) is 15.9. The Balaban J connectivity index is 1.27. The van der Waals surface area contributed by atoms with Crippen LogP contribution in [0.25, 0.3) is 60.9 Å². The van der Waals surface area contributed by atoms with E-state index in [0.717, 1.165) is 38.0 Å². The zero-order chi connectivity index (χ0) is 48.9. The number of hydrogen-bond donors (Lipinski definition) is 0. The van der Waals surface area contributed by atoms with Crippen LogP contribution in [0.2, 0.25) is 0 Å². The summed E-state index contributed by atoms with van der Waals surface area (Å²) >= 11 is 0. The van der Waals surface area contributed by atoms with E-state index in [1.54, 1.807) is 12.1 Å². The largest absolute Gasteiger partial charge is 0.311 e. The first kappa shape index (κ1) is 16.2. The molecule has 0 aliphatic carbocycles. The van der Waals surface area contributed by atoms with Crippen molar-refractivity contribution < 1.29 is 24.7 Å². The number of anilines is 3. The molecule has 0 unspecified atom stereocenters. The lowest BCUT2D eigenvalue weighted by Gasteiger charge is -2.26. The summed E-state index contributed by atoms with van der Waals surface area (Å²) in [7, 11) is 0. The van der Waals surface area contributed by atoms with Crippen LogP contribution in [0.4, 0.5) is 17.1 Å². The molecular weight excluding hydrogens is 605 g/mol. The molecule has 9 rings (SSSR count). The van der Waals surface area contributed by atoms with Crippen molar-refractivity contribution in [2.45, 2.75) is 0 Å². The average molecular weight is 657 g/mol. The van der Waals surface area contributed by atoms with Gasteiger partial charge in [-0.3, -0.25) is 0 Å². The molecule has 0 amide bonds. The number of hydrogen-bond acceptors (Lipinski definition) is 1. The van der Waals surface area contributed by atoms with E-state index in [2.05, 4.69) is 16.7 Å². The van der Waals surface area contributed by atoms with Crippen LogP contribution < -0.4 is 4.90 Å². The molecule has 0 aliphatic rings. The molecule has 0 spiro atoms. The highest BCUT2D eigenvalue weighted by molar-refractivity contribution is 6.09. The molecule has 0 bridgehead atoms. The zero-order valence-electron chi connectivity index (χ0n) is 44.1. The summed E-state index contributed by atoms with van der Waals surface area (Å²) in [5.74, 6) is 0. The van der Waals surface area contributed by atoms with Crippen LogP contribution in [0.1, 0.15) is 24.7 Å². The van der Waals surface area contributed by atoms with Gasteiger partial charge in [0.25, 0.3) is 0 Å². The number of para-hydroxylation sites is 2. The van der Waals surface area contributed by atoms with Crippen LogP contribution >= 0.6 is 0 Å². The van der Waals surface area contributed by atoms with Crippen LogP contribution in [0, 0.1) is 0 Å². The minimum absolute atomic E-state index is 0.0278. The maximum Gasteiger partial charge on any atom is 0.0645 e. The second-order valence-corrected chi connectivity index (χ2v) is 11.2. The Bertz CT molecular complexity index is 3320. The first-order valence-electron chi connectivity index (χ1n) is 24.6. The Hall–Kier alpha value is -6.64. The number of aromatic nitrogens is 1. The van der Waals surface area contributed by atoms with E-state index in [9.17, 15) is 11.0 Å². The zero-order valence-corrected chi connectivity index (χ0v) is 26.1. The van der Waals surface area contributed by atoms with Gasteiger partial charge in [0, 0.05) is 33.5 Å². The van der Waals surface area contributed by atoms with Crippen molar-refractivity contribution in [3.8, 4) is 39.1 Å². The van der Waals surface area contributed by atoms with Gasteiger partial charge in [-0.25, -0.2) is 0 Å². The fraction of sp³-hybridized carbons (Fsp3) is 0. The fourth-order valence-electron chi connectivity index (χ4n) is 6.03. The second-order valence-electron chi connectivity index (χ2n) is 11.2. The Morgan fingerprint density at radius 1 is 0.360 bits per heavy atom. The van der Waals surface area contributed by atoms with Gasteiger partial charge in [0.15, 0.2) is 0 Å². The third kappa shape index (κ3) is 5.43. The van der Waals surface area contributed by atoms with Crippen molar-refractivity contribution in [1.29, 1.82) is 0 Å². The summed E-state index contributed by atoms with van der Waals surface area (Å²) < 4.78 is 160. The lowest BCUT2D eigenvalue weighted by molar-refractivity contribution is 1.18.